The van der Waals surface area contributed by atoms with Crippen LogP contribution in [0.4, 0.5) is 4.39 Å². The normalized spacial score (nSPS) is 15.8. The summed E-state index contributed by atoms with van der Waals surface area (Å²) in [6.07, 6.45) is 7.27. The van der Waals surface area contributed by atoms with Crippen molar-refractivity contribution in [1.29, 1.82) is 0 Å². The highest BCUT2D eigenvalue weighted by atomic mass is 19.1. The van der Waals surface area contributed by atoms with Gasteiger partial charge in [0.15, 0.2) is 0 Å². The first kappa shape index (κ1) is 21.8. The highest BCUT2D eigenvalue weighted by Gasteiger charge is 2.26. The van der Waals surface area contributed by atoms with E-state index in [1.807, 2.05) is 52.1 Å². The van der Waals surface area contributed by atoms with Gasteiger partial charge in [-0.2, -0.15) is 0 Å². The summed E-state index contributed by atoms with van der Waals surface area (Å²) in [5, 5.41) is 0. The van der Waals surface area contributed by atoms with Crippen LogP contribution >= 0.6 is 0 Å². The van der Waals surface area contributed by atoms with Gasteiger partial charge in [0.1, 0.15) is 11.6 Å². The SMILES string of the molecule is O=C(c1cccc(Cn2ccnc2)c1)N1CCCC(c2cccc(Oc3cccc(F)c3)n2)C1. The number of benzene rings is 2. The number of hydrogen-bond donors (Lipinski definition) is 0. The fraction of sp³-hybridized carbons (Fsp3) is 0.222. The summed E-state index contributed by atoms with van der Waals surface area (Å²) in [7, 11) is 0. The number of carbonyl (C=O) groups excluding carboxylic acids is 1. The van der Waals surface area contributed by atoms with Crippen molar-refractivity contribution in [3.8, 4) is 11.6 Å². The lowest BCUT2D eigenvalue weighted by Crippen LogP contribution is -2.39. The maximum absolute atomic E-state index is 13.5. The lowest BCUT2D eigenvalue weighted by atomic mass is 9.93. The second kappa shape index (κ2) is 9.87. The number of aromatic nitrogens is 3. The van der Waals surface area contributed by atoms with Gasteiger partial charge >= 0.3 is 0 Å². The highest BCUT2D eigenvalue weighted by molar-refractivity contribution is 5.94. The van der Waals surface area contributed by atoms with Crippen molar-refractivity contribution in [2.45, 2.75) is 25.3 Å². The minimum atomic E-state index is -0.357. The van der Waals surface area contributed by atoms with E-state index in [1.54, 1.807) is 30.7 Å². The Kier molecular flexibility index (Phi) is 6.33. The summed E-state index contributed by atoms with van der Waals surface area (Å²) in [6.45, 7) is 1.99. The summed E-state index contributed by atoms with van der Waals surface area (Å²) in [6, 6.07) is 19.4. The zero-order chi connectivity index (χ0) is 23.3. The molecule has 1 atom stereocenters. The summed E-state index contributed by atoms with van der Waals surface area (Å²) in [5.74, 6) is 0.607. The molecule has 1 aliphatic heterocycles. The number of pyridine rings is 1. The van der Waals surface area contributed by atoms with Gasteiger partial charge in [-0.25, -0.2) is 14.4 Å². The van der Waals surface area contributed by atoms with Crippen LogP contribution in [0.1, 0.15) is 40.4 Å². The van der Waals surface area contributed by atoms with Gasteiger partial charge in [0.05, 0.1) is 6.33 Å². The molecular weight excluding hydrogens is 431 g/mol. The van der Waals surface area contributed by atoms with Crippen LogP contribution in [0.2, 0.25) is 0 Å². The van der Waals surface area contributed by atoms with Crippen molar-refractivity contribution in [3.63, 3.8) is 0 Å². The molecule has 1 saturated heterocycles. The zero-order valence-electron chi connectivity index (χ0n) is 18.7. The molecule has 34 heavy (non-hydrogen) atoms. The topological polar surface area (TPSA) is 60.2 Å². The molecule has 0 bridgehead atoms. The molecule has 1 amide bonds. The van der Waals surface area contributed by atoms with E-state index < -0.39 is 0 Å². The Morgan fingerprint density at radius 1 is 1.09 bits per heavy atom. The lowest BCUT2D eigenvalue weighted by molar-refractivity contribution is 0.0705. The van der Waals surface area contributed by atoms with Crippen molar-refractivity contribution < 1.29 is 13.9 Å². The Morgan fingerprint density at radius 2 is 1.97 bits per heavy atom. The van der Waals surface area contributed by atoms with Crippen LogP contribution in [0.25, 0.3) is 0 Å². The van der Waals surface area contributed by atoms with E-state index in [0.717, 1.165) is 30.6 Å². The first-order valence-corrected chi connectivity index (χ1v) is 11.4. The van der Waals surface area contributed by atoms with Gasteiger partial charge in [-0.15, -0.1) is 0 Å². The number of carbonyl (C=O) groups is 1. The van der Waals surface area contributed by atoms with Gasteiger partial charge in [0.2, 0.25) is 5.88 Å². The third-order valence-electron chi connectivity index (χ3n) is 5.99. The number of rotatable bonds is 6. The van der Waals surface area contributed by atoms with Crippen LogP contribution in [-0.4, -0.2) is 38.4 Å². The predicted molar refractivity (Wildman–Crippen MR) is 126 cm³/mol. The van der Waals surface area contributed by atoms with E-state index in [4.69, 9.17) is 4.74 Å². The Labute approximate surface area is 197 Å². The molecule has 1 fully saturated rings. The molecule has 0 radical (unpaired) electrons. The zero-order valence-corrected chi connectivity index (χ0v) is 18.7. The van der Waals surface area contributed by atoms with Gasteiger partial charge in [0, 0.05) is 61.3 Å². The van der Waals surface area contributed by atoms with Crippen LogP contribution in [0.15, 0.2) is 85.5 Å². The molecule has 5 rings (SSSR count). The van der Waals surface area contributed by atoms with E-state index in [-0.39, 0.29) is 17.6 Å². The second-order valence-electron chi connectivity index (χ2n) is 8.49. The van der Waals surface area contributed by atoms with Crippen LogP contribution in [0.5, 0.6) is 11.6 Å². The summed E-state index contributed by atoms with van der Waals surface area (Å²) in [5.41, 5.74) is 2.62. The Bertz CT molecular complexity index is 1280. The van der Waals surface area contributed by atoms with Crippen LogP contribution < -0.4 is 4.74 Å². The van der Waals surface area contributed by atoms with Crippen molar-refractivity contribution in [3.05, 3.63) is 108 Å². The number of likely N-dealkylation sites (tertiary alicyclic amines) is 1. The number of piperidine rings is 1. The number of amides is 1. The maximum atomic E-state index is 13.5. The third-order valence-corrected chi connectivity index (χ3v) is 5.99. The summed E-state index contributed by atoms with van der Waals surface area (Å²) in [4.78, 5) is 23.9. The van der Waals surface area contributed by atoms with Gasteiger partial charge in [-0.05, 0) is 48.7 Å². The predicted octanol–water partition coefficient (Wildman–Crippen LogP) is 5.28. The minimum Gasteiger partial charge on any atom is -0.439 e. The number of halogens is 1. The van der Waals surface area contributed by atoms with Crippen molar-refractivity contribution >= 4 is 5.91 Å². The number of imidazole rings is 1. The van der Waals surface area contributed by atoms with Gasteiger partial charge in [-0.1, -0.05) is 24.3 Å². The standard InChI is InChI=1S/C27H25FN4O2/c28-23-8-2-9-24(16-23)34-26-11-3-10-25(30-26)22-7-4-13-32(18-22)27(33)21-6-1-5-20(15-21)17-31-14-12-29-19-31/h1-3,5-6,8-12,14-16,19,22H,4,7,13,17-18H2. The molecule has 7 heteroatoms. The molecule has 1 aliphatic rings. The number of nitrogens with zero attached hydrogens (tertiary/aromatic N) is 4. The van der Waals surface area contributed by atoms with Crippen LogP contribution in [0, 0.1) is 5.82 Å². The molecule has 0 spiro atoms. The van der Waals surface area contributed by atoms with Crippen molar-refractivity contribution in [2.75, 3.05) is 13.1 Å². The fourth-order valence-corrected chi connectivity index (χ4v) is 4.35. The molecule has 2 aromatic heterocycles. The monoisotopic (exact) mass is 456 g/mol. The van der Waals surface area contributed by atoms with Crippen LogP contribution in [-0.2, 0) is 6.54 Å². The molecule has 0 N–H and O–H groups in total. The van der Waals surface area contributed by atoms with Crippen molar-refractivity contribution in [2.24, 2.45) is 0 Å². The largest absolute Gasteiger partial charge is 0.439 e. The Hall–Kier alpha value is -4.00. The molecule has 0 saturated carbocycles. The average molecular weight is 457 g/mol. The number of ether oxygens (including phenoxy) is 1. The molecular formula is C27H25FN4O2. The Morgan fingerprint density at radius 3 is 2.82 bits per heavy atom. The van der Waals surface area contributed by atoms with Gasteiger partial charge < -0.3 is 14.2 Å². The van der Waals surface area contributed by atoms with Crippen molar-refractivity contribution in [1.82, 2.24) is 19.4 Å². The van der Waals surface area contributed by atoms with E-state index in [2.05, 4.69) is 9.97 Å². The second-order valence-corrected chi connectivity index (χ2v) is 8.49. The molecule has 0 aliphatic carbocycles. The number of hydrogen-bond acceptors (Lipinski definition) is 4. The first-order chi connectivity index (χ1) is 16.6. The highest BCUT2D eigenvalue weighted by Crippen LogP contribution is 2.29. The minimum absolute atomic E-state index is 0.0318. The van der Waals surface area contributed by atoms with E-state index in [9.17, 15) is 9.18 Å². The van der Waals surface area contributed by atoms with E-state index >= 15 is 0 Å². The first-order valence-electron chi connectivity index (χ1n) is 11.4. The Balaban J connectivity index is 1.28. The average Bonchev–Trinajstić information content (AvgIpc) is 3.37. The molecule has 6 nitrogen and oxygen atoms in total. The molecule has 4 aromatic rings. The van der Waals surface area contributed by atoms with E-state index in [1.165, 1.54) is 12.1 Å². The molecule has 2 aromatic carbocycles. The third kappa shape index (κ3) is 5.14. The molecule has 1 unspecified atom stereocenters. The lowest BCUT2D eigenvalue weighted by Gasteiger charge is -2.32. The van der Waals surface area contributed by atoms with Crippen LogP contribution in [0.3, 0.4) is 0 Å². The molecule has 172 valence electrons. The maximum Gasteiger partial charge on any atom is 0.253 e. The summed E-state index contributed by atoms with van der Waals surface area (Å²) >= 11 is 0. The fourth-order valence-electron chi connectivity index (χ4n) is 4.35. The van der Waals surface area contributed by atoms with E-state index in [0.29, 0.717) is 30.3 Å². The van der Waals surface area contributed by atoms with Gasteiger partial charge in [0.25, 0.3) is 5.91 Å². The quantitative estimate of drug-likeness (QED) is 0.396. The molecule has 3 heterocycles. The van der Waals surface area contributed by atoms with Gasteiger partial charge in [-0.3, -0.25) is 4.79 Å². The summed E-state index contributed by atoms with van der Waals surface area (Å²) < 4.78 is 21.2. The smallest absolute Gasteiger partial charge is 0.253 e.